The highest BCUT2D eigenvalue weighted by Crippen LogP contribution is 2.31. The Labute approximate surface area is 173 Å². The molecule has 1 atom stereocenters. The van der Waals surface area contributed by atoms with Crippen molar-refractivity contribution in [2.24, 2.45) is 0 Å². The number of anilines is 2. The van der Waals surface area contributed by atoms with Gasteiger partial charge in [0.05, 0.1) is 10.6 Å². The fourth-order valence-corrected chi connectivity index (χ4v) is 4.45. The highest BCUT2D eigenvalue weighted by Gasteiger charge is 2.26. The highest BCUT2D eigenvalue weighted by atomic mass is 32.1. The predicted molar refractivity (Wildman–Crippen MR) is 114 cm³/mol. The molecule has 1 aromatic carbocycles. The Morgan fingerprint density at radius 1 is 1.28 bits per heavy atom. The number of thiophene rings is 1. The van der Waals surface area contributed by atoms with Crippen LogP contribution in [0.1, 0.15) is 37.1 Å². The Kier molecular flexibility index (Phi) is 5.58. The van der Waals surface area contributed by atoms with E-state index in [0.29, 0.717) is 18.1 Å². The summed E-state index contributed by atoms with van der Waals surface area (Å²) in [4.78, 5) is 24.3. The number of aryl methyl sites for hydroxylation is 1. The minimum Gasteiger partial charge on any atom is -0.342 e. The van der Waals surface area contributed by atoms with E-state index in [4.69, 9.17) is 9.97 Å². The molecule has 1 aliphatic rings. The lowest BCUT2D eigenvalue weighted by atomic mass is 9.97. The number of amides is 1. The third-order valence-electron chi connectivity index (χ3n) is 5.06. The van der Waals surface area contributed by atoms with E-state index in [9.17, 15) is 9.18 Å². The van der Waals surface area contributed by atoms with E-state index in [1.54, 1.807) is 30.4 Å². The molecule has 0 radical (unpaired) electrons. The van der Waals surface area contributed by atoms with Crippen molar-refractivity contribution in [1.29, 1.82) is 0 Å². The maximum Gasteiger partial charge on any atom is 0.219 e. The molecule has 0 aliphatic carbocycles. The average molecular weight is 411 g/mol. The van der Waals surface area contributed by atoms with E-state index in [-0.39, 0.29) is 17.6 Å². The van der Waals surface area contributed by atoms with Crippen molar-refractivity contribution >= 4 is 28.7 Å². The number of carbonyl (C=O) groups is 1. The van der Waals surface area contributed by atoms with Crippen LogP contribution in [0.2, 0.25) is 0 Å². The molecular weight excluding hydrogens is 387 g/mol. The van der Waals surface area contributed by atoms with Crippen LogP contribution < -0.4 is 5.32 Å². The molecule has 1 N–H and O–H groups in total. The summed E-state index contributed by atoms with van der Waals surface area (Å²) in [5.41, 5.74) is 2.66. The van der Waals surface area contributed by atoms with Crippen molar-refractivity contribution in [3.8, 4) is 10.6 Å². The zero-order valence-electron chi connectivity index (χ0n) is 16.5. The third-order valence-corrected chi connectivity index (χ3v) is 6.13. The van der Waals surface area contributed by atoms with Gasteiger partial charge in [0.1, 0.15) is 17.5 Å². The number of nitrogens with one attached hydrogen (secondary N) is 1. The van der Waals surface area contributed by atoms with Crippen LogP contribution in [0.15, 0.2) is 41.8 Å². The van der Waals surface area contributed by atoms with Gasteiger partial charge in [-0.15, -0.1) is 11.3 Å². The van der Waals surface area contributed by atoms with Crippen LogP contribution in [-0.4, -0.2) is 33.9 Å². The van der Waals surface area contributed by atoms with Crippen molar-refractivity contribution in [1.82, 2.24) is 14.9 Å². The fraction of sp³-hybridized carbons (Fsp3) is 0.318. The first-order valence-electron chi connectivity index (χ1n) is 9.70. The first kappa shape index (κ1) is 19.5. The molecule has 0 saturated carbocycles. The number of aromatic nitrogens is 2. The second-order valence-electron chi connectivity index (χ2n) is 7.42. The summed E-state index contributed by atoms with van der Waals surface area (Å²) in [7, 11) is 0. The molecule has 0 spiro atoms. The van der Waals surface area contributed by atoms with Crippen molar-refractivity contribution in [3.05, 3.63) is 59.0 Å². The number of benzene rings is 1. The van der Waals surface area contributed by atoms with Gasteiger partial charge < -0.3 is 10.2 Å². The summed E-state index contributed by atoms with van der Waals surface area (Å²) < 4.78 is 13.6. The van der Waals surface area contributed by atoms with Crippen LogP contribution in [0, 0.1) is 12.7 Å². The summed E-state index contributed by atoms with van der Waals surface area (Å²) in [5, 5.41) is 5.30. The molecule has 3 aromatic rings. The lowest BCUT2D eigenvalue weighted by Crippen LogP contribution is -2.38. The standard InChI is InChI=1S/C22H23FN4OS/c1-14-9-20(29-13-14)19-11-21(24-18-7-3-6-17(23)10-18)26-22(25-19)16-5-4-8-27(12-16)15(2)28/h3,6-7,9-11,13,16H,4-5,8,12H2,1-2H3,(H,24,25,26). The number of nitrogens with zero attached hydrogens (tertiary/aromatic N) is 3. The molecule has 1 unspecified atom stereocenters. The van der Waals surface area contributed by atoms with E-state index in [1.807, 2.05) is 11.0 Å². The molecule has 1 aliphatic heterocycles. The van der Waals surface area contributed by atoms with E-state index in [0.717, 1.165) is 35.8 Å². The maximum atomic E-state index is 13.6. The molecule has 5 nitrogen and oxygen atoms in total. The lowest BCUT2D eigenvalue weighted by molar-refractivity contribution is -0.130. The predicted octanol–water partition coefficient (Wildman–Crippen LogP) is 5.12. The fourth-order valence-electron chi connectivity index (χ4n) is 3.59. The molecule has 1 amide bonds. The van der Waals surface area contributed by atoms with Crippen molar-refractivity contribution in [2.45, 2.75) is 32.6 Å². The van der Waals surface area contributed by atoms with Gasteiger partial charge in [0.15, 0.2) is 0 Å². The number of likely N-dealkylation sites (tertiary alicyclic amines) is 1. The van der Waals surface area contributed by atoms with Gasteiger partial charge in [-0.1, -0.05) is 6.07 Å². The highest BCUT2D eigenvalue weighted by molar-refractivity contribution is 7.13. The first-order valence-corrected chi connectivity index (χ1v) is 10.6. The van der Waals surface area contributed by atoms with E-state index < -0.39 is 0 Å². The zero-order chi connectivity index (χ0) is 20.4. The molecule has 4 rings (SSSR count). The molecule has 29 heavy (non-hydrogen) atoms. The Balaban J connectivity index is 1.71. The second-order valence-corrected chi connectivity index (χ2v) is 8.34. The largest absolute Gasteiger partial charge is 0.342 e. The molecular formula is C22H23FN4OS. The Hall–Kier alpha value is -2.80. The topological polar surface area (TPSA) is 58.1 Å². The summed E-state index contributed by atoms with van der Waals surface area (Å²) >= 11 is 1.64. The molecule has 150 valence electrons. The smallest absolute Gasteiger partial charge is 0.219 e. The van der Waals surface area contributed by atoms with Gasteiger partial charge in [0.2, 0.25) is 5.91 Å². The second kappa shape index (κ2) is 8.29. The summed E-state index contributed by atoms with van der Waals surface area (Å²) in [5.74, 6) is 1.21. The molecule has 1 fully saturated rings. The number of piperidine rings is 1. The van der Waals surface area contributed by atoms with Crippen molar-refractivity contribution in [3.63, 3.8) is 0 Å². The number of hydrogen-bond acceptors (Lipinski definition) is 5. The van der Waals surface area contributed by atoms with Gasteiger partial charge >= 0.3 is 0 Å². The van der Waals surface area contributed by atoms with E-state index >= 15 is 0 Å². The Morgan fingerprint density at radius 3 is 2.86 bits per heavy atom. The summed E-state index contributed by atoms with van der Waals surface area (Å²) in [6.45, 7) is 5.07. The van der Waals surface area contributed by atoms with Gasteiger partial charge in [-0.3, -0.25) is 4.79 Å². The zero-order valence-corrected chi connectivity index (χ0v) is 17.3. The maximum absolute atomic E-state index is 13.6. The third kappa shape index (κ3) is 4.62. The molecule has 0 bridgehead atoms. The van der Waals surface area contributed by atoms with Gasteiger partial charge in [0.25, 0.3) is 0 Å². The number of rotatable bonds is 4. The monoisotopic (exact) mass is 410 g/mol. The van der Waals surface area contributed by atoms with E-state index in [1.165, 1.54) is 17.7 Å². The molecule has 3 heterocycles. The van der Waals surface area contributed by atoms with Gasteiger partial charge in [0, 0.05) is 37.7 Å². The van der Waals surface area contributed by atoms with Crippen LogP contribution in [0.25, 0.3) is 10.6 Å². The first-order chi connectivity index (χ1) is 14.0. The van der Waals surface area contributed by atoms with Crippen LogP contribution in [0.4, 0.5) is 15.9 Å². The Morgan fingerprint density at radius 2 is 2.14 bits per heavy atom. The quantitative estimate of drug-likeness (QED) is 0.648. The summed E-state index contributed by atoms with van der Waals surface area (Å²) in [6, 6.07) is 10.3. The van der Waals surface area contributed by atoms with E-state index in [2.05, 4.69) is 23.7 Å². The number of carbonyl (C=O) groups excluding carboxylic acids is 1. The average Bonchev–Trinajstić information content (AvgIpc) is 3.14. The van der Waals surface area contributed by atoms with Crippen molar-refractivity contribution < 1.29 is 9.18 Å². The van der Waals surface area contributed by atoms with Gasteiger partial charge in [-0.2, -0.15) is 0 Å². The van der Waals surface area contributed by atoms with Crippen molar-refractivity contribution in [2.75, 3.05) is 18.4 Å². The minimum absolute atomic E-state index is 0.0813. The van der Waals surface area contributed by atoms with Crippen LogP contribution in [0.5, 0.6) is 0 Å². The van der Waals surface area contributed by atoms with Crippen LogP contribution >= 0.6 is 11.3 Å². The normalized spacial score (nSPS) is 16.7. The molecule has 2 aromatic heterocycles. The number of hydrogen-bond donors (Lipinski definition) is 1. The van der Waals surface area contributed by atoms with Gasteiger partial charge in [-0.25, -0.2) is 14.4 Å². The van der Waals surface area contributed by atoms with Crippen LogP contribution in [0.3, 0.4) is 0 Å². The lowest BCUT2D eigenvalue weighted by Gasteiger charge is -2.31. The summed E-state index contributed by atoms with van der Waals surface area (Å²) in [6.07, 6.45) is 1.87. The van der Waals surface area contributed by atoms with Gasteiger partial charge in [-0.05, 0) is 55.0 Å². The SMILES string of the molecule is CC(=O)N1CCCC(c2nc(Nc3cccc(F)c3)cc(-c3cc(C)cs3)n2)C1. The van der Waals surface area contributed by atoms with Crippen LogP contribution in [-0.2, 0) is 4.79 Å². The number of halogens is 1. The minimum atomic E-state index is -0.303. The molecule has 1 saturated heterocycles. The molecule has 7 heteroatoms. The Bertz CT molecular complexity index is 1040.